The number of Topliss-reactive ketones (excluding diaryl/α,β-unsaturated/α-hetero) is 1. The molecule has 0 aliphatic carbocycles. The van der Waals surface area contributed by atoms with Crippen LogP contribution in [-0.2, 0) is 62.1 Å². The van der Waals surface area contributed by atoms with Gasteiger partial charge in [-0.15, -0.1) is 0 Å². The maximum atomic E-state index is 14.6. The van der Waals surface area contributed by atoms with Crippen molar-refractivity contribution in [1.29, 1.82) is 0 Å². The second-order valence-corrected chi connectivity index (χ2v) is 32.5. The number of rotatable bonds is 29. The van der Waals surface area contributed by atoms with Gasteiger partial charge < -0.3 is 96.2 Å². The van der Waals surface area contributed by atoms with Crippen LogP contribution in [0.1, 0.15) is 195 Å². The van der Waals surface area contributed by atoms with Gasteiger partial charge in [0.25, 0.3) is 0 Å². The summed E-state index contributed by atoms with van der Waals surface area (Å²) in [6.07, 6.45) is 3.28. The summed E-state index contributed by atoms with van der Waals surface area (Å²) in [7, 11) is 1.18. The summed E-state index contributed by atoms with van der Waals surface area (Å²) < 4.78 is 23.1. The van der Waals surface area contributed by atoms with Gasteiger partial charge in [0.1, 0.15) is 18.0 Å². The van der Waals surface area contributed by atoms with Crippen molar-refractivity contribution in [2.45, 2.75) is 299 Å². The molecule has 3 amide bonds. The third-order valence-electron chi connectivity index (χ3n) is 21.4. The first-order chi connectivity index (χ1) is 51.5. The smallest absolute Gasteiger partial charge is 0.335 e. The highest BCUT2D eigenvalue weighted by Gasteiger charge is 2.47. The highest BCUT2D eigenvalue weighted by atomic mass is 16.6. The Morgan fingerprint density at radius 2 is 1.32 bits per heavy atom. The van der Waals surface area contributed by atoms with Crippen LogP contribution in [0.5, 0.6) is 0 Å². The van der Waals surface area contributed by atoms with E-state index < -0.39 is 210 Å². The minimum Gasteiger partial charge on any atom is -0.479 e. The second-order valence-electron chi connectivity index (χ2n) is 32.5. The van der Waals surface area contributed by atoms with Gasteiger partial charge >= 0.3 is 29.8 Å². The Hall–Kier alpha value is -7.09. The first-order valence-electron chi connectivity index (χ1n) is 38.8. The Bertz CT molecular complexity index is 3280. The molecule has 15 N–H and O–H groups in total. The second kappa shape index (κ2) is 47.6. The molecule has 0 spiro atoms. The van der Waals surface area contributed by atoms with Crippen molar-refractivity contribution in [2.75, 3.05) is 7.11 Å². The summed E-state index contributed by atoms with van der Waals surface area (Å²) in [5, 5.41) is 141. The number of aliphatic hydroxyl groups excluding tert-OH is 10. The van der Waals surface area contributed by atoms with Crippen LogP contribution in [0.25, 0.3) is 0 Å². The minimum absolute atomic E-state index is 0.0209. The van der Waals surface area contributed by atoms with E-state index in [2.05, 4.69) is 22.9 Å². The Morgan fingerprint density at radius 3 is 1.90 bits per heavy atom. The van der Waals surface area contributed by atoms with Crippen LogP contribution in [0.4, 0.5) is 0 Å². The van der Waals surface area contributed by atoms with Gasteiger partial charge in [-0.05, 0) is 154 Å². The zero-order chi connectivity index (χ0) is 84.9. The monoisotopic (exact) mass is 1570 g/mol. The number of allylic oxidation sites excluding steroid dienone is 7. The van der Waals surface area contributed by atoms with Crippen LogP contribution in [0.15, 0.2) is 95.7 Å². The molecule has 2 bridgehead atoms. The van der Waals surface area contributed by atoms with Crippen molar-refractivity contribution in [3.05, 3.63) is 95.7 Å². The number of carbonyl (C=O) groups excluding carboxylic acids is 7. The number of esters is 3. The number of hydrogen-bond donors (Lipinski definition) is 15. The summed E-state index contributed by atoms with van der Waals surface area (Å²) >= 11 is 0. The number of methoxy groups -OCH3 is 1. The van der Waals surface area contributed by atoms with Crippen molar-refractivity contribution >= 4 is 53.4 Å². The summed E-state index contributed by atoms with van der Waals surface area (Å²) in [6, 6.07) is -5.05. The molecular weight excluding hydrogens is 1440 g/mol. The number of ketones is 1. The lowest BCUT2D eigenvalue weighted by Gasteiger charge is -2.38. The lowest BCUT2D eigenvalue weighted by Crippen LogP contribution is -2.59. The zero-order valence-corrected chi connectivity index (χ0v) is 68.5. The number of fused-ring (bicyclic) bond motifs is 2. The SMILES string of the molecule is COC(=O)C(C)(C)C(O)C(C)C(=O)C(C)(C)/C=C\C(=O)NC(CC(C)C)C(O)C(C)/C=C(/C)C(O)C(C)CCC(O)C(C)C(=O)NC(C(C)O)C1OC(=O)C(C(O)C(=O)O)NC(=O)/C=C/C=C/CC/C=C\C=C\C[C@H]2C[C@H](C)CC(CC(O)C(C)C(O)/C(C)=C/C(C)C(O)/C(C)=C\CC(OC(=O)CC(O)C(=O)O)C1C)O2. The van der Waals surface area contributed by atoms with Gasteiger partial charge in [0, 0.05) is 47.5 Å². The molecule has 1 fully saturated rings. The summed E-state index contributed by atoms with van der Waals surface area (Å²) in [5.41, 5.74) is -1.61. The molecule has 630 valence electrons. The number of aliphatic hydroxyl groups is 10. The molecular formula is C83H133N3O25. The fraction of sp³-hybridized carbons (Fsp3) is 0.699. The average Bonchev–Trinajstić information content (AvgIpc) is 0.806. The van der Waals surface area contributed by atoms with E-state index in [1.54, 1.807) is 73.6 Å². The Morgan fingerprint density at radius 1 is 0.730 bits per heavy atom. The maximum absolute atomic E-state index is 14.6. The molecule has 0 aromatic heterocycles. The summed E-state index contributed by atoms with van der Waals surface area (Å²) in [6.45, 7) is 28.8. The fourth-order valence-electron chi connectivity index (χ4n) is 13.9. The standard InChI is InChI=1S/C83H133N3O25/c1-44(2)37-59(84-65(92)35-36-82(15,16)75(99)55(13)76(100)83(17,18)81(107)108-19)72(97)51(9)41-49(7)69(94)46(4)31-33-60(88)53(11)77(101)86-67(56(14)87)74-54(12)63(110-66(93)43-62(90)78(102)103)34-32-47(5)70(95)48(6)40-50(8)71(96)52(10)61(89)42-58-39-45(3)38-57(109-58)29-27-25-23-21-20-22-24-26-28-30-64(91)85-68(80(106)111-74)73(98)79(104)105/h21,23-28,30,32,35-36,40-41,44-46,48,51-63,67-74,76,87-90,94-98,100H,20,22,29,31,33-34,37-39,42-43H2,1-19H3,(H,84,92)(H,85,91)(H,86,101)(H,102,103)(H,104,105)/b23-21-,26-24+,27-25+,30-28+,36-35-,47-32-,49-41-,50-40+/t45-,46?,48?,51?,52?,53?,54?,55?,56?,57-,58?,59?,60?,61?,62?,63?,67?,68?,69?,70?,71?,72?,73?,74?,76?/m0/s1. The first-order valence-corrected chi connectivity index (χ1v) is 38.8. The third-order valence-corrected chi connectivity index (χ3v) is 21.4. The van der Waals surface area contributed by atoms with Crippen LogP contribution in [0.3, 0.4) is 0 Å². The Kier molecular flexibility index (Phi) is 42.8. The molecule has 0 saturated carbocycles. The normalized spacial score (nSPS) is 29.5. The van der Waals surface area contributed by atoms with E-state index in [-0.39, 0.29) is 43.0 Å². The fourth-order valence-corrected chi connectivity index (χ4v) is 13.9. The zero-order valence-electron chi connectivity index (χ0n) is 68.5. The number of carboxylic acids is 2. The van der Waals surface area contributed by atoms with Crippen LogP contribution < -0.4 is 16.0 Å². The van der Waals surface area contributed by atoms with Gasteiger partial charge in [-0.3, -0.25) is 28.8 Å². The van der Waals surface area contributed by atoms with E-state index in [9.17, 15) is 104 Å². The van der Waals surface area contributed by atoms with E-state index in [4.69, 9.17) is 18.9 Å². The van der Waals surface area contributed by atoms with Gasteiger partial charge in [0.15, 0.2) is 18.2 Å². The van der Waals surface area contributed by atoms with Crippen LogP contribution >= 0.6 is 0 Å². The van der Waals surface area contributed by atoms with Crippen LogP contribution in [-0.4, -0.2) is 225 Å². The van der Waals surface area contributed by atoms with Gasteiger partial charge in [-0.2, -0.15) is 0 Å². The summed E-state index contributed by atoms with van der Waals surface area (Å²) in [4.78, 5) is 120. The minimum atomic E-state index is -2.70. The quantitative estimate of drug-likeness (QED) is 0.0169. The molecule has 1 saturated heterocycles. The lowest BCUT2D eigenvalue weighted by molar-refractivity contribution is -0.175. The topological polar surface area (TPSA) is 469 Å². The lowest BCUT2D eigenvalue weighted by atomic mass is 9.72. The van der Waals surface area contributed by atoms with E-state index in [0.29, 0.717) is 42.7 Å². The largest absolute Gasteiger partial charge is 0.479 e. The van der Waals surface area contributed by atoms with E-state index in [1.807, 2.05) is 38.2 Å². The van der Waals surface area contributed by atoms with Gasteiger partial charge in [0.05, 0.1) is 98.0 Å². The molecule has 25 atom stereocenters. The Labute approximate surface area is 655 Å². The molecule has 2 aliphatic rings. The number of nitrogens with one attached hydrogen (secondary N) is 3. The molecule has 111 heavy (non-hydrogen) atoms. The molecule has 23 unspecified atom stereocenters. The number of carboxylic acid groups (broad SMARTS) is 2. The van der Waals surface area contributed by atoms with Crippen LogP contribution in [0, 0.1) is 64.1 Å². The molecule has 0 aromatic carbocycles. The molecule has 2 heterocycles. The molecule has 2 rings (SSSR count). The predicted octanol–water partition coefficient (Wildman–Crippen LogP) is 6.29. The van der Waals surface area contributed by atoms with Crippen molar-refractivity contribution < 1.29 is 123 Å². The van der Waals surface area contributed by atoms with Crippen molar-refractivity contribution in [1.82, 2.24) is 16.0 Å². The van der Waals surface area contributed by atoms with Gasteiger partial charge in [0.2, 0.25) is 17.7 Å². The number of cyclic esters (lactones) is 1. The predicted molar refractivity (Wildman–Crippen MR) is 416 cm³/mol. The van der Waals surface area contributed by atoms with Crippen molar-refractivity contribution in [3.63, 3.8) is 0 Å². The maximum Gasteiger partial charge on any atom is 0.335 e. The van der Waals surface area contributed by atoms with Crippen molar-refractivity contribution in [2.24, 2.45) is 64.1 Å². The molecule has 2 aliphatic heterocycles. The van der Waals surface area contributed by atoms with Crippen LogP contribution in [0.2, 0.25) is 0 Å². The molecule has 28 heteroatoms. The van der Waals surface area contributed by atoms with Gasteiger partial charge in [-0.25, -0.2) is 14.4 Å². The highest BCUT2D eigenvalue weighted by molar-refractivity contribution is 5.95. The number of ether oxygens (including phenoxy) is 4. The number of aliphatic carboxylic acids is 2. The first kappa shape index (κ1) is 100.0. The highest BCUT2D eigenvalue weighted by Crippen LogP contribution is 2.36. The summed E-state index contributed by atoms with van der Waals surface area (Å²) in [5.74, 6) is -16.9. The van der Waals surface area contributed by atoms with Crippen molar-refractivity contribution in [3.8, 4) is 0 Å². The van der Waals surface area contributed by atoms with E-state index in [0.717, 1.165) is 25.8 Å². The number of hydrogen-bond acceptors (Lipinski definition) is 23. The average molecular weight is 1570 g/mol. The van der Waals surface area contributed by atoms with E-state index in [1.165, 1.54) is 79.0 Å². The molecule has 28 nitrogen and oxygen atoms in total. The third kappa shape index (κ3) is 32.7. The van der Waals surface area contributed by atoms with E-state index >= 15 is 0 Å². The number of carbonyl (C=O) groups is 9. The molecule has 0 aromatic rings. The number of amides is 3. The Balaban J connectivity index is 2.67. The molecule has 0 radical (unpaired) electrons. The van der Waals surface area contributed by atoms with Gasteiger partial charge in [-0.1, -0.05) is 136 Å².